The molecule has 0 saturated carbocycles. The molecule has 0 radical (unpaired) electrons. The summed E-state index contributed by atoms with van der Waals surface area (Å²) in [5, 5.41) is 4.79. The van der Waals surface area contributed by atoms with Crippen LogP contribution in [0.15, 0.2) is 30.5 Å². The third-order valence-corrected chi connectivity index (χ3v) is 8.02. The van der Waals surface area contributed by atoms with Crippen molar-refractivity contribution in [3.05, 3.63) is 36.0 Å². The van der Waals surface area contributed by atoms with E-state index in [1.807, 2.05) is 35.7 Å². The fourth-order valence-electron chi connectivity index (χ4n) is 4.84. The van der Waals surface area contributed by atoms with E-state index >= 15 is 0 Å². The predicted octanol–water partition coefficient (Wildman–Crippen LogP) is 3.48. The highest BCUT2D eigenvalue weighted by Crippen LogP contribution is 2.40. The van der Waals surface area contributed by atoms with Crippen LogP contribution in [0.25, 0.3) is 10.9 Å². The number of likely N-dealkylation sites (N-methyl/N-ethyl adjacent to an activating group) is 2. The molecule has 2 aliphatic heterocycles. The summed E-state index contributed by atoms with van der Waals surface area (Å²) in [7, 11) is 3.83. The van der Waals surface area contributed by atoms with Crippen LogP contribution in [0.5, 0.6) is 0 Å². The van der Waals surface area contributed by atoms with Gasteiger partial charge in [0, 0.05) is 56.3 Å². The maximum atomic E-state index is 12.2. The summed E-state index contributed by atoms with van der Waals surface area (Å²) in [6, 6.07) is 9.39. The van der Waals surface area contributed by atoms with Crippen molar-refractivity contribution < 1.29 is 9.59 Å². The zero-order valence-corrected chi connectivity index (χ0v) is 19.0. The number of aromatic nitrogens is 1. The van der Waals surface area contributed by atoms with Gasteiger partial charge >= 0.3 is 6.03 Å². The first-order valence-corrected chi connectivity index (χ1v) is 11.9. The molecule has 1 N–H and O–H groups in total. The molecule has 0 bridgehead atoms. The number of urea groups is 1. The van der Waals surface area contributed by atoms with Crippen molar-refractivity contribution in [2.45, 2.75) is 56.5 Å². The molecule has 1 aromatic carbocycles. The molecule has 2 fully saturated rings. The first-order chi connectivity index (χ1) is 14.5. The molecule has 2 aromatic rings. The molecule has 6 nitrogen and oxygen atoms in total. The summed E-state index contributed by atoms with van der Waals surface area (Å²) >= 11 is 1.98. The maximum absolute atomic E-state index is 12.2. The number of fused-ring (bicyclic) bond motifs is 2. The SMILES string of the molecule is Cc1ccc2c(ccn2CCNC(=O)CCCCC2SCC3C2N(C)C(=O)N3C)c1. The van der Waals surface area contributed by atoms with Gasteiger partial charge in [0.25, 0.3) is 0 Å². The van der Waals surface area contributed by atoms with Gasteiger partial charge in [-0.25, -0.2) is 4.79 Å². The Balaban J connectivity index is 1.15. The number of aryl methyl sites for hydroxylation is 1. The van der Waals surface area contributed by atoms with Gasteiger partial charge in [-0.2, -0.15) is 11.8 Å². The van der Waals surface area contributed by atoms with Crippen molar-refractivity contribution in [3.63, 3.8) is 0 Å². The Labute approximate surface area is 183 Å². The first-order valence-electron chi connectivity index (χ1n) is 10.9. The van der Waals surface area contributed by atoms with E-state index in [0.29, 0.717) is 30.3 Å². The lowest BCUT2D eigenvalue weighted by atomic mass is 10.0. The first kappa shape index (κ1) is 21.1. The largest absolute Gasteiger partial charge is 0.354 e. The minimum Gasteiger partial charge on any atom is -0.354 e. The van der Waals surface area contributed by atoms with Crippen LogP contribution < -0.4 is 5.32 Å². The van der Waals surface area contributed by atoms with Crippen molar-refractivity contribution >= 4 is 34.6 Å². The Morgan fingerprint density at radius 2 is 2.03 bits per heavy atom. The number of amides is 3. The molecule has 3 heterocycles. The van der Waals surface area contributed by atoms with Gasteiger partial charge in [-0.1, -0.05) is 18.1 Å². The zero-order chi connectivity index (χ0) is 21.3. The Morgan fingerprint density at radius 1 is 1.20 bits per heavy atom. The van der Waals surface area contributed by atoms with Crippen molar-refractivity contribution in [2.24, 2.45) is 0 Å². The molecule has 1 aromatic heterocycles. The van der Waals surface area contributed by atoms with E-state index in [0.717, 1.165) is 31.6 Å². The summed E-state index contributed by atoms with van der Waals surface area (Å²) in [4.78, 5) is 28.2. The summed E-state index contributed by atoms with van der Waals surface area (Å²) < 4.78 is 2.19. The fraction of sp³-hybridized carbons (Fsp3) is 0.565. The molecule has 2 aliphatic rings. The number of benzene rings is 1. The summed E-state index contributed by atoms with van der Waals surface area (Å²) in [6.07, 6.45) is 5.66. The molecule has 0 aliphatic carbocycles. The number of rotatable bonds is 8. The fourth-order valence-corrected chi connectivity index (χ4v) is 6.60. The van der Waals surface area contributed by atoms with Crippen molar-refractivity contribution in [2.75, 3.05) is 26.4 Å². The van der Waals surface area contributed by atoms with Crippen molar-refractivity contribution in [1.82, 2.24) is 19.7 Å². The van der Waals surface area contributed by atoms with Gasteiger partial charge in [0.2, 0.25) is 5.91 Å². The number of carbonyl (C=O) groups is 2. The number of nitrogens with one attached hydrogen (secondary N) is 1. The van der Waals surface area contributed by atoms with E-state index in [1.165, 1.54) is 16.5 Å². The van der Waals surface area contributed by atoms with Gasteiger partial charge < -0.3 is 19.7 Å². The Bertz CT molecular complexity index is 927. The second-order valence-corrected chi connectivity index (χ2v) is 9.87. The van der Waals surface area contributed by atoms with Gasteiger partial charge in [-0.05, 0) is 43.4 Å². The van der Waals surface area contributed by atoms with E-state index in [1.54, 1.807) is 0 Å². The number of hydrogen-bond acceptors (Lipinski definition) is 3. The lowest BCUT2D eigenvalue weighted by Gasteiger charge is -2.23. The van der Waals surface area contributed by atoms with E-state index in [-0.39, 0.29) is 11.9 Å². The molecule has 3 atom stereocenters. The highest BCUT2D eigenvalue weighted by Gasteiger charge is 2.49. The maximum Gasteiger partial charge on any atom is 0.320 e. The predicted molar refractivity (Wildman–Crippen MR) is 123 cm³/mol. The van der Waals surface area contributed by atoms with Gasteiger partial charge in [-0.15, -0.1) is 0 Å². The highest BCUT2D eigenvalue weighted by molar-refractivity contribution is 8.00. The Hall–Kier alpha value is -2.15. The van der Waals surface area contributed by atoms with Crippen LogP contribution in [0.1, 0.15) is 31.2 Å². The second kappa shape index (κ2) is 8.92. The zero-order valence-electron chi connectivity index (χ0n) is 18.1. The Morgan fingerprint density at radius 3 is 2.87 bits per heavy atom. The molecule has 0 spiro atoms. The molecule has 3 unspecified atom stereocenters. The normalized spacial score (nSPS) is 23.4. The van der Waals surface area contributed by atoms with Gasteiger partial charge in [0.15, 0.2) is 0 Å². The lowest BCUT2D eigenvalue weighted by molar-refractivity contribution is -0.121. The molecule has 3 amide bonds. The quantitative estimate of drug-likeness (QED) is 0.517. The average Bonchev–Trinajstić information content (AvgIpc) is 3.38. The topological polar surface area (TPSA) is 57.6 Å². The highest BCUT2D eigenvalue weighted by atomic mass is 32.2. The molecule has 30 heavy (non-hydrogen) atoms. The van der Waals surface area contributed by atoms with Gasteiger partial charge in [0.1, 0.15) is 0 Å². The minimum absolute atomic E-state index is 0.132. The van der Waals surface area contributed by atoms with Gasteiger partial charge in [-0.3, -0.25) is 4.79 Å². The summed E-state index contributed by atoms with van der Waals surface area (Å²) in [6.45, 7) is 3.54. The van der Waals surface area contributed by atoms with Crippen molar-refractivity contribution in [3.8, 4) is 0 Å². The van der Waals surface area contributed by atoms with Gasteiger partial charge in [0.05, 0.1) is 12.1 Å². The van der Waals surface area contributed by atoms with E-state index in [4.69, 9.17) is 0 Å². The van der Waals surface area contributed by atoms with Crippen LogP contribution >= 0.6 is 11.8 Å². The van der Waals surface area contributed by atoms with Crippen LogP contribution in [0, 0.1) is 6.92 Å². The Kier molecular flexibility index (Phi) is 6.27. The third-order valence-electron chi connectivity index (χ3n) is 6.55. The van der Waals surface area contributed by atoms with Crippen LogP contribution in [0.4, 0.5) is 4.79 Å². The van der Waals surface area contributed by atoms with E-state index < -0.39 is 0 Å². The van der Waals surface area contributed by atoms with Crippen LogP contribution in [0.2, 0.25) is 0 Å². The number of thioether (sulfide) groups is 1. The van der Waals surface area contributed by atoms with Crippen LogP contribution in [0.3, 0.4) is 0 Å². The monoisotopic (exact) mass is 428 g/mol. The smallest absolute Gasteiger partial charge is 0.320 e. The van der Waals surface area contributed by atoms with Crippen molar-refractivity contribution in [1.29, 1.82) is 0 Å². The summed E-state index contributed by atoms with van der Waals surface area (Å²) in [5.41, 5.74) is 2.47. The second-order valence-electron chi connectivity index (χ2n) is 8.60. The van der Waals surface area contributed by atoms with Crippen LogP contribution in [-0.4, -0.2) is 70.0 Å². The number of hydrogen-bond donors (Lipinski definition) is 1. The van der Waals surface area contributed by atoms with Crippen LogP contribution in [-0.2, 0) is 11.3 Å². The molecule has 162 valence electrons. The van der Waals surface area contributed by atoms with E-state index in [9.17, 15) is 9.59 Å². The minimum atomic E-state index is 0.132. The number of carbonyl (C=O) groups excluding carboxylic acids is 2. The molecular weight excluding hydrogens is 396 g/mol. The molecule has 2 saturated heterocycles. The number of unbranched alkanes of at least 4 members (excludes halogenated alkanes) is 1. The average molecular weight is 429 g/mol. The standard InChI is InChI=1S/C23H32N4O2S/c1-16-8-9-18-17(14-16)10-12-27(18)13-11-24-21(28)7-5-4-6-20-22-19(15-30-20)25(2)23(29)26(22)3/h8-10,12,14,19-20,22H,4-7,11,13,15H2,1-3H3,(H,24,28). The van der Waals surface area contributed by atoms with E-state index in [2.05, 4.69) is 47.3 Å². The lowest BCUT2D eigenvalue weighted by Crippen LogP contribution is -2.38. The number of nitrogens with zero attached hydrogens (tertiary/aromatic N) is 3. The molecular formula is C23H32N4O2S. The third kappa shape index (κ3) is 4.17. The molecule has 7 heteroatoms. The summed E-state index contributed by atoms with van der Waals surface area (Å²) in [5.74, 6) is 1.16. The molecule has 4 rings (SSSR count).